The number of carbonyl (C=O) groups excluding carboxylic acids is 2. The first-order valence-electron chi connectivity index (χ1n) is 6.86. The molecule has 0 saturated heterocycles. The molecule has 2 aliphatic heterocycles. The van der Waals surface area contributed by atoms with Gasteiger partial charge in [-0.15, -0.1) is 0 Å². The van der Waals surface area contributed by atoms with Gasteiger partial charge < -0.3 is 15.8 Å². The number of anilines is 1. The first kappa shape index (κ1) is 12.6. The highest BCUT2D eigenvalue weighted by Crippen LogP contribution is 2.41. The number of amides is 2. The van der Waals surface area contributed by atoms with Crippen LogP contribution in [0.15, 0.2) is 42.5 Å². The molecule has 22 heavy (non-hydrogen) atoms. The highest BCUT2D eigenvalue weighted by molar-refractivity contribution is 6.36. The van der Waals surface area contributed by atoms with Crippen LogP contribution >= 0.6 is 0 Å². The Balaban J connectivity index is 1.95. The summed E-state index contributed by atoms with van der Waals surface area (Å²) in [5.41, 5.74) is 9.48. The summed E-state index contributed by atoms with van der Waals surface area (Å²) in [5.74, 6) is -0.204. The van der Waals surface area contributed by atoms with Crippen LogP contribution in [0.25, 0.3) is 11.3 Å². The quantitative estimate of drug-likeness (QED) is 0.790. The van der Waals surface area contributed by atoms with Crippen LogP contribution in [-0.4, -0.2) is 11.8 Å². The van der Waals surface area contributed by atoms with Gasteiger partial charge in [-0.1, -0.05) is 24.3 Å². The summed E-state index contributed by atoms with van der Waals surface area (Å²) >= 11 is 0. The fourth-order valence-electron chi connectivity index (χ4n) is 2.84. The molecule has 2 aromatic rings. The topological polar surface area (TPSA) is 81.4 Å². The molecule has 2 amide bonds. The van der Waals surface area contributed by atoms with E-state index in [4.69, 9.17) is 10.5 Å². The van der Waals surface area contributed by atoms with E-state index < -0.39 is 5.91 Å². The summed E-state index contributed by atoms with van der Waals surface area (Å²) in [6.07, 6.45) is 0. The molecule has 4 rings (SSSR count). The van der Waals surface area contributed by atoms with E-state index in [2.05, 4.69) is 5.32 Å². The summed E-state index contributed by atoms with van der Waals surface area (Å²) < 4.78 is 5.74. The zero-order valence-corrected chi connectivity index (χ0v) is 11.6. The lowest BCUT2D eigenvalue weighted by molar-refractivity contribution is -0.110. The van der Waals surface area contributed by atoms with Crippen molar-refractivity contribution in [2.24, 2.45) is 5.73 Å². The number of primary amides is 1. The molecule has 0 atom stereocenters. The molecule has 0 fully saturated rings. The van der Waals surface area contributed by atoms with Gasteiger partial charge in [0, 0.05) is 27.9 Å². The van der Waals surface area contributed by atoms with Gasteiger partial charge in [0.1, 0.15) is 12.4 Å². The summed E-state index contributed by atoms with van der Waals surface area (Å²) in [6.45, 7) is 0.378. The van der Waals surface area contributed by atoms with E-state index in [1.807, 2.05) is 30.3 Å². The molecule has 2 aromatic carbocycles. The normalized spacial score (nSPS) is 18.5. The highest BCUT2D eigenvalue weighted by atomic mass is 16.5. The Morgan fingerprint density at radius 1 is 1.14 bits per heavy atom. The van der Waals surface area contributed by atoms with Gasteiger partial charge in [-0.05, 0) is 18.2 Å². The molecule has 0 aromatic heterocycles. The van der Waals surface area contributed by atoms with Crippen molar-refractivity contribution >= 4 is 28.8 Å². The van der Waals surface area contributed by atoms with Gasteiger partial charge in [0.2, 0.25) is 5.91 Å². The van der Waals surface area contributed by atoms with Gasteiger partial charge in [0.05, 0.1) is 5.57 Å². The third kappa shape index (κ3) is 1.72. The first-order chi connectivity index (χ1) is 10.6. The van der Waals surface area contributed by atoms with E-state index in [1.165, 1.54) is 0 Å². The predicted octanol–water partition coefficient (Wildman–Crippen LogP) is 2.14. The zero-order chi connectivity index (χ0) is 15.3. The van der Waals surface area contributed by atoms with Crippen molar-refractivity contribution in [1.82, 2.24) is 0 Å². The Labute approximate surface area is 126 Å². The molecule has 2 aliphatic rings. The lowest BCUT2D eigenvalue weighted by Crippen LogP contribution is -2.11. The van der Waals surface area contributed by atoms with Crippen molar-refractivity contribution in [1.29, 1.82) is 0 Å². The molecular weight excluding hydrogens is 280 g/mol. The summed E-state index contributed by atoms with van der Waals surface area (Å²) in [5, 5.41) is 2.82. The minimum Gasteiger partial charge on any atom is -0.487 e. The molecule has 0 aliphatic carbocycles. The van der Waals surface area contributed by atoms with Gasteiger partial charge in [-0.25, -0.2) is 0 Å². The monoisotopic (exact) mass is 292 g/mol. The molecule has 0 spiro atoms. The van der Waals surface area contributed by atoms with Crippen LogP contribution in [0.3, 0.4) is 0 Å². The largest absolute Gasteiger partial charge is 0.487 e. The smallest absolute Gasteiger partial charge is 0.260 e. The zero-order valence-electron chi connectivity index (χ0n) is 11.6. The predicted molar refractivity (Wildman–Crippen MR) is 81.6 cm³/mol. The van der Waals surface area contributed by atoms with Crippen molar-refractivity contribution < 1.29 is 14.3 Å². The highest BCUT2D eigenvalue weighted by Gasteiger charge is 2.32. The number of nitrogens with two attached hydrogens (primary N) is 1. The van der Waals surface area contributed by atoms with Gasteiger partial charge in [0.25, 0.3) is 5.91 Å². The van der Waals surface area contributed by atoms with Crippen molar-refractivity contribution in [3.63, 3.8) is 0 Å². The Morgan fingerprint density at radius 3 is 2.77 bits per heavy atom. The number of hydrogen-bond acceptors (Lipinski definition) is 3. The van der Waals surface area contributed by atoms with Crippen LogP contribution in [0.2, 0.25) is 0 Å². The SMILES string of the molecule is NC(=O)c1ccc2c(c1)C(=C1C(=O)Nc3ccccc31)OC2. The van der Waals surface area contributed by atoms with Crippen LogP contribution in [0.1, 0.15) is 27.0 Å². The molecule has 0 bridgehead atoms. The molecule has 3 N–H and O–H groups in total. The maximum Gasteiger partial charge on any atom is 0.260 e. The minimum absolute atomic E-state index is 0.200. The number of carbonyl (C=O) groups is 2. The second-order valence-electron chi connectivity index (χ2n) is 5.23. The van der Waals surface area contributed by atoms with Crippen LogP contribution in [0.4, 0.5) is 5.69 Å². The van der Waals surface area contributed by atoms with Crippen molar-refractivity contribution in [3.05, 3.63) is 64.7 Å². The van der Waals surface area contributed by atoms with Crippen molar-refractivity contribution in [3.8, 4) is 0 Å². The molecule has 5 heteroatoms. The van der Waals surface area contributed by atoms with E-state index in [-0.39, 0.29) is 5.91 Å². The van der Waals surface area contributed by atoms with Crippen LogP contribution in [0, 0.1) is 0 Å². The minimum atomic E-state index is -0.504. The fraction of sp³-hybridized carbons (Fsp3) is 0.0588. The number of ether oxygens (including phenoxy) is 1. The van der Waals surface area contributed by atoms with Crippen molar-refractivity contribution in [2.45, 2.75) is 6.61 Å². The van der Waals surface area contributed by atoms with E-state index in [0.717, 1.165) is 22.4 Å². The molecule has 108 valence electrons. The third-order valence-electron chi connectivity index (χ3n) is 3.91. The Bertz CT molecular complexity index is 868. The first-order valence-corrected chi connectivity index (χ1v) is 6.86. The molecule has 2 heterocycles. The summed E-state index contributed by atoms with van der Waals surface area (Å²) in [7, 11) is 0. The number of para-hydroxylation sites is 1. The number of nitrogens with one attached hydrogen (secondary N) is 1. The molecule has 0 unspecified atom stereocenters. The second kappa shape index (κ2) is 4.46. The molecule has 5 nitrogen and oxygen atoms in total. The molecule has 0 saturated carbocycles. The second-order valence-corrected chi connectivity index (χ2v) is 5.23. The average molecular weight is 292 g/mol. The number of benzene rings is 2. The van der Waals surface area contributed by atoms with E-state index in [9.17, 15) is 9.59 Å². The maximum atomic E-state index is 12.3. The average Bonchev–Trinajstić information content (AvgIpc) is 3.06. The molecule has 0 radical (unpaired) electrons. The lowest BCUT2D eigenvalue weighted by atomic mass is 9.99. The van der Waals surface area contributed by atoms with Gasteiger partial charge >= 0.3 is 0 Å². The van der Waals surface area contributed by atoms with Gasteiger partial charge in [-0.3, -0.25) is 9.59 Å². The maximum absolute atomic E-state index is 12.3. The Kier molecular flexibility index (Phi) is 2.56. The molecular formula is C17H12N2O3. The number of rotatable bonds is 1. The standard InChI is InChI=1S/C17H12N2O3/c18-16(20)9-5-6-10-8-22-15(12(10)7-9)14-11-3-1-2-4-13(11)19-17(14)21/h1-7H,8H2,(H2,18,20)(H,19,21). The van der Waals surface area contributed by atoms with Crippen LogP contribution in [0.5, 0.6) is 0 Å². The third-order valence-corrected chi connectivity index (χ3v) is 3.91. The van der Waals surface area contributed by atoms with Gasteiger partial charge in [0.15, 0.2) is 0 Å². The number of hydrogen-bond donors (Lipinski definition) is 2. The van der Waals surface area contributed by atoms with Crippen molar-refractivity contribution in [2.75, 3.05) is 5.32 Å². The van der Waals surface area contributed by atoms with Crippen LogP contribution in [-0.2, 0) is 16.1 Å². The Hall–Kier alpha value is -3.08. The van der Waals surface area contributed by atoms with Gasteiger partial charge in [-0.2, -0.15) is 0 Å². The summed E-state index contributed by atoms with van der Waals surface area (Å²) in [6, 6.07) is 12.6. The number of fused-ring (bicyclic) bond motifs is 2. The van der Waals surface area contributed by atoms with E-state index >= 15 is 0 Å². The fourth-order valence-corrected chi connectivity index (χ4v) is 2.84. The summed E-state index contributed by atoms with van der Waals surface area (Å²) in [4.78, 5) is 23.7. The Morgan fingerprint density at radius 2 is 1.95 bits per heavy atom. The van der Waals surface area contributed by atoms with E-state index in [0.29, 0.717) is 23.5 Å². The van der Waals surface area contributed by atoms with E-state index in [1.54, 1.807) is 12.1 Å². The lowest BCUT2D eigenvalue weighted by Gasteiger charge is -2.05. The van der Waals surface area contributed by atoms with Crippen LogP contribution < -0.4 is 11.1 Å².